The van der Waals surface area contributed by atoms with E-state index in [-0.39, 0.29) is 30.2 Å². The van der Waals surface area contributed by atoms with Crippen LogP contribution in [0.15, 0.2) is 42.0 Å². The molecule has 0 spiro atoms. The van der Waals surface area contributed by atoms with Gasteiger partial charge in [-0.25, -0.2) is 9.18 Å². The minimum absolute atomic E-state index is 0.0630. The maximum Gasteiger partial charge on any atom is 0.341 e. The minimum atomic E-state index is -1.22. The van der Waals surface area contributed by atoms with Crippen LogP contribution in [-0.2, 0) is 27.4 Å². The van der Waals surface area contributed by atoms with Gasteiger partial charge in [0.05, 0.1) is 18.4 Å². The molecule has 1 aliphatic rings. The number of esters is 2. The van der Waals surface area contributed by atoms with Crippen LogP contribution in [-0.4, -0.2) is 31.6 Å². The Morgan fingerprint density at radius 2 is 1.94 bits per heavy atom. The lowest BCUT2D eigenvalue weighted by atomic mass is 9.93. The van der Waals surface area contributed by atoms with E-state index >= 15 is 0 Å². The van der Waals surface area contributed by atoms with E-state index in [2.05, 4.69) is 5.32 Å². The van der Waals surface area contributed by atoms with Crippen LogP contribution in [0.4, 0.5) is 10.1 Å². The highest BCUT2D eigenvalue weighted by molar-refractivity contribution is 6.06. The second kappa shape index (κ2) is 10.8. The first kappa shape index (κ1) is 24.0. The molecular formula is C25H26FNO6. The van der Waals surface area contributed by atoms with Crippen molar-refractivity contribution in [1.29, 1.82) is 0 Å². The summed E-state index contributed by atoms with van der Waals surface area (Å²) in [6.07, 6.45) is 2.83. The maximum absolute atomic E-state index is 12.9. The van der Waals surface area contributed by atoms with E-state index < -0.39 is 18.6 Å². The van der Waals surface area contributed by atoms with Gasteiger partial charge in [0, 0.05) is 17.5 Å². The van der Waals surface area contributed by atoms with Crippen molar-refractivity contribution in [3.63, 3.8) is 0 Å². The summed E-state index contributed by atoms with van der Waals surface area (Å²) in [6, 6.07) is 8.83. The van der Waals surface area contributed by atoms with E-state index in [9.17, 15) is 18.8 Å². The summed E-state index contributed by atoms with van der Waals surface area (Å²) in [4.78, 5) is 36.3. The van der Waals surface area contributed by atoms with Gasteiger partial charge in [0.25, 0.3) is 5.91 Å². The van der Waals surface area contributed by atoms with Gasteiger partial charge in [0.15, 0.2) is 6.67 Å². The monoisotopic (exact) mass is 455 g/mol. The largest absolute Gasteiger partial charge is 0.496 e. The molecule has 174 valence electrons. The fraction of sp³-hybridized carbons (Fsp3) is 0.320. The van der Waals surface area contributed by atoms with Crippen molar-refractivity contribution in [1.82, 2.24) is 0 Å². The van der Waals surface area contributed by atoms with E-state index in [1.807, 2.05) is 19.1 Å². The Kier molecular flexibility index (Phi) is 7.82. The molecule has 0 bridgehead atoms. The average molecular weight is 455 g/mol. The van der Waals surface area contributed by atoms with Gasteiger partial charge in [-0.3, -0.25) is 9.59 Å². The van der Waals surface area contributed by atoms with E-state index in [0.29, 0.717) is 35.5 Å². The van der Waals surface area contributed by atoms with Crippen LogP contribution in [0.3, 0.4) is 0 Å². The number of ether oxygens (including phenoxy) is 3. The first-order valence-electron chi connectivity index (χ1n) is 10.5. The fourth-order valence-corrected chi connectivity index (χ4v) is 3.71. The fourth-order valence-electron chi connectivity index (χ4n) is 3.71. The zero-order chi connectivity index (χ0) is 24.0. The van der Waals surface area contributed by atoms with Crippen molar-refractivity contribution in [2.45, 2.75) is 39.7 Å². The van der Waals surface area contributed by atoms with Crippen molar-refractivity contribution in [3.8, 4) is 11.5 Å². The molecule has 8 heteroatoms. The summed E-state index contributed by atoms with van der Waals surface area (Å²) in [6.45, 7) is 2.52. The van der Waals surface area contributed by atoms with Gasteiger partial charge in [-0.15, -0.1) is 0 Å². The van der Waals surface area contributed by atoms with Crippen molar-refractivity contribution < 1.29 is 33.0 Å². The summed E-state index contributed by atoms with van der Waals surface area (Å²) >= 11 is 0. The lowest BCUT2D eigenvalue weighted by molar-refractivity contribution is -0.134. The standard InChI is InChI=1S/C25H26FNO6/c1-15(10-12-21(29)33-17-7-5-4-6-8-17)9-11-18-23(27-20(28)13-26)22-19(14-32-25(22)30)16(2)24(18)31-3/h4-9H,10-14H2,1-3H3,(H,27,28)/b15-9+. The minimum Gasteiger partial charge on any atom is -0.496 e. The Morgan fingerprint density at radius 3 is 2.61 bits per heavy atom. The number of nitrogens with one attached hydrogen (secondary N) is 1. The van der Waals surface area contributed by atoms with Gasteiger partial charge in [0.1, 0.15) is 18.1 Å². The molecule has 1 heterocycles. The van der Waals surface area contributed by atoms with Gasteiger partial charge in [-0.1, -0.05) is 29.8 Å². The van der Waals surface area contributed by atoms with Crippen LogP contribution in [0.1, 0.15) is 46.8 Å². The molecule has 0 radical (unpaired) electrons. The molecule has 3 rings (SSSR count). The second-order valence-corrected chi connectivity index (χ2v) is 7.67. The number of carbonyl (C=O) groups excluding carboxylic acids is 3. The summed E-state index contributed by atoms with van der Waals surface area (Å²) in [5.41, 5.74) is 3.21. The zero-order valence-corrected chi connectivity index (χ0v) is 18.8. The van der Waals surface area contributed by atoms with Crippen molar-refractivity contribution in [3.05, 3.63) is 64.2 Å². The third kappa shape index (κ3) is 5.58. The molecule has 1 amide bonds. The molecule has 1 N–H and O–H groups in total. The molecule has 33 heavy (non-hydrogen) atoms. The van der Waals surface area contributed by atoms with E-state index in [4.69, 9.17) is 14.2 Å². The lowest BCUT2D eigenvalue weighted by Crippen LogP contribution is -2.18. The Hall–Kier alpha value is -3.68. The van der Waals surface area contributed by atoms with Crippen molar-refractivity contribution in [2.24, 2.45) is 0 Å². The Labute approximate surface area is 191 Å². The smallest absolute Gasteiger partial charge is 0.341 e. The third-order valence-corrected chi connectivity index (χ3v) is 5.42. The molecule has 7 nitrogen and oxygen atoms in total. The first-order valence-corrected chi connectivity index (χ1v) is 10.5. The topological polar surface area (TPSA) is 90.9 Å². The molecule has 2 aromatic carbocycles. The highest BCUT2D eigenvalue weighted by Crippen LogP contribution is 2.41. The Bertz CT molecular complexity index is 1090. The number of hydrogen-bond acceptors (Lipinski definition) is 6. The summed E-state index contributed by atoms with van der Waals surface area (Å²) in [5, 5.41) is 2.50. The summed E-state index contributed by atoms with van der Waals surface area (Å²) < 4.78 is 29.0. The van der Waals surface area contributed by atoms with Crippen molar-refractivity contribution in [2.75, 3.05) is 19.1 Å². The normalized spacial score (nSPS) is 12.7. The number of benzene rings is 2. The summed E-state index contributed by atoms with van der Waals surface area (Å²) in [5.74, 6) is -0.807. The number of rotatable bonds is 9. The number of cyclic esters (lactones) is 1. The highest BCUT2D eigenvalue weighted by atomic mass is 19.1. The second-order valence-electron chi connectivity index (χ2n) is 7.67. The van der Waals surface area contributed by atoms with Gasteiger partial charge in [-0.05, 0) is 44.4 Å². The van der Waals surface area contributed by atoms with Crippen molar-refractivity contribution >= 4 is 23.5 Å². The molecule has 0 fully saturated rings. The molecule has 0 unspecified atom stereocenters. The SMILES string of the molecule is COc1c(C)c2c(c(NC(=O)CF)c1C/C=C(\C)CCC(=O)Oc1ccccc1)C(=O)OC2. The average Bonchev–Trinajstić information content (AvgIpc) is 3.20. The number of para-hydroxylation sites is 1. The van der Waals surface area contributed by atoms with Gasteiger partial charge in [0.2, 0.25) is 0 Å². The van der Waals surface area contributed by atoms with Gasteiger partial charge in [-0.2, -0.15) is 0 Å². The third-order valence-electron chi connectivity index (χ3n) is 5.42. The number of anilines is 1. The number of alkyl halides is 1. The van der Waals surface area contributed by atoms with Gasteiger partial charge >= 0.3 is 11.9 Å². The molecule has 0 saturated heterocycles. The molecule has 2 aromatic rings. The van der Waals surface area contributed by atoms with Crippen LogP contribution in [0, 0.1) is 6.92 Å². The number of carbonyl (C=O) groups is 3. The van der Waals surface area contributed by atoms with E-state index in [1.54, 1.807) is 31.2 Å². The Balaban J connectivity index is 1.81. The van der Waals surface area contributed by atoms with Crippen LogP contribution in [0.5, 0.6) is 11.5 Å². The Morgan fingerprint density at radius 1 is 1.21 bits per heavy atom. The van der Waals surface area contributed by atoms with Crippen LogP contribution in [0.25, 0.3) is 0 Å². The highest BCUT2D eigenvalue weighted by Gasteiger charge is 2.32. The number of allylic oxidation sites excluding steroid dienone is 2. The number of halogens is 1. The zero-order valence-electron chi connectivity index (χ0n) is 18.8. The number of methoxy groups -OCH3 is 1. The predicted molar refractivity (Wildman–Crippen MR) is 120 cm³/mol. The number of hydrogen-bond donors (Lipinski definition) is 1. The molecule has 0 aliphatic carbocycles. The molecule has 0 aromatic heterocycles. The van der Waals surface area contributed by atoms with Crippen LogP contribution >= 0.6 is 0 Å². The van der Waals surface area contributed by atoms with E-state index in [1.165, 1.54) is 7.11 Å². The number of amides is 1. The van der Waals surface area contributed by atoms with Crippen LogP contribution < -0.4 is 14.8 Å². The quantitative estimate of drug-likeness (QED) is 0.341. The van der Waals surface area contributed by atoms with Crippen LogP contribution in [0.2, 0.25) is 0 Å². The molecule has 0 saturated carbocycles. The maximum atomic E-state index is 12.9. The van der Waals surface area contributed by atoms with Gasteiger partial charge < -0.3 is 19.5 Å². The predicted octanol–water partition coefficient (Wildman–Crippen LogP) is 4.46. The number of fused-ring (bicyclic) bond motifs is 1. The first-order chi connectivity index (χ1) is 15.8. The molecule has 0 atom stereocenters. The summed E-state index contributed by atoms with van der Waals surface area (Å²) in [7, 11) is 1.49. The molecule has 1 aliphatic heterocycles. The van der Waals surface area contributed by atoms with E-state index in [0.717, 1.165) is 11.1 Å². The molecular weight excluding hydrogens is 429 g/mol. The lowest BCUT2D eigenvalue weighted by Gasteiger charge is -2.19.